The van der Waals surface area contributed by atoms with Crippen molar-refractivity contribution >= 4 is 0 Å². The molecular weight excluding hydrogens is 248 g/mol. The van der Waals surface area contributed by atoms with Crippen LogP contribution in [0.15, 0.2) is 42.7 Å². The Morgan fingerprint density at radius 1 is 1.15 bits per heavy atom. The SMILES string of the molecule is CNC(Cc1ccncc1)Cc1cc(C)ccc1OC. The zero-order chi connectivity index (χ0) is 14.4. The summed E-state index contributed by atoms with van der Waals surface area (Å²) < 4.78 is 5.46. The third-order valence-electron chi connectivity index (χ3n) is 3.54. The maximum Gasteiger partial charge on any atom is 0.122 e. The summed E-state index contributed by atoms with van der Waals surface area (Å²) in [7, 11) is 3.74. The Morgan fingerprint density at radius 2 is 1.90 bits per heavy atom. The predicted molar refractivity (Wildman–Crippen MR) is 82.2 cm³/mol. The monoisotopic (exact) mass is 270 g/mol. The Bertz CT molecular complexity index is 540. The van der Waals surface area contributed by atoms with Crippen LogP contribution in [0.3, 0.4) is 0 Å². The highest BCUT2D eigenvalue weighted by atomic mass is 16.5. The van der Waals surface area contributed by atoms with Gasteiger partial charge in [0, 0.05) is 18.4 Å². The summed E-state index contributed by atoms with van der Waals surface area (Å²) in [4.78, 5) is 4.06. The van der Waals surface area contributed by atoms with Gasteiger partial charge in [-0.25, -0.2) is 0 Å². The molecular formula is C17H22N2O. The second kappa shape index (κ2) is 7.06. The van der Waals surface area contributed by atoms with Gasteiger partial charge in [-0.1, -0.05) is 17.7 Å². The predicted octanol–water partition coefficient (Wildman–Crippen LogP) is 2.77. The van der Waals surface area contributed by atoms with Crippen molar-refractivity contribution in [1.29, 1.82) is 0 Å². The Balaban J connectivity index is 2.12. The van der Waals surface area contributed by atoms with Crippen LogP contribution in [0.2, 0.25) is 0 Å². The van der Waals surface area contributed by atoms with Crippen LogP contribution >= 0.6 is 0 Å². The molecule has 0 aliphatic carbocycles. The number of benzene rings is 1. The van der Waals surface area contributed by atoms with E-state index in [-0.39, 0.29) is 0 Å². The first-order chi connectivity index (χ1) is 9.72. The van der Waals surface area contributed by atoms with Gasteiger partial charge in [0.15, 0.2) is 0 Å². The molecule has 0 aliphatic rings. The van der Waals surface area contributed by atoms with Crippen molar-refractivity contribution < 1.29 is 4.74 Å². The number of methoxy groups -OCH3 is 1. The zero-order valence-corrected chi connectivity index (χ0v) is 12.4. The maximum atomic E-state index is 5.46. The van der Waals surface area contributed by atoms with Gasteiger partial charge in [0.2, 0.25) is 0 Å². The summed E-state index contributed by atoms with van der Waals surface area (Å²) in [6, 6.07) is 10.8. The fourth-order valence-corrected chi connectivity index (χ4v) is 2.41. The highest BCUT2D eigenvalue weighted by Gasteiger charge is 2.12. The molecule has 106 valence electrons. The third kappa shape index (κ3) is 3.81. The van der Waals surface area contributed by atoms with Crippen molar-refractivity contribution in [2.24, 2.45) is 0 Å². The van der Waals surface area contributed by atoms with Gasteiger partial charge in [-0.2, -0.15) is 0 Å². The van der Waals surface area contributed by atoms with E-state index >= 15 is 0 Å². The molecule has 1 N–H and O–H groups in total. The smallest absolute Gasteiger partial charge is 0.122 e. The first-order valence-electron chi connectivity index (χ1n) is 6.92. The number of likely N-dealkylation sites (N-methyl/N-ethyl adjacent to an activating group) is 1. The van der Waals surface area contributed by atoms with Gasteiger partial charge in [-0.3, -0.25) is 4.98 Å². The van der Waals surface area contributed by atoms with Crippen LogP contribution in [-0.4, -0.2) is 25.2 Å². The van der Waals surface area contributed by atoms with Crippen molar-refractivity contribution in [1.82, 2.24) is 10.3 Å². The lowest BCUT2D eigenvalue weighted by Crippen LogP contribution is -2.30. The first kappa shape index (κ1) is 14.5. The van der Waals surface area contributed by atoms with Gasteiger partial charge >= 0.3 is 0 Å². The maximum absolute atomic E-state index is 5.46. The lowest BCUT2D eigenvalue weighted by Gasteiger charge is -2.18. The van der Waals surface area contributed by atoms with E-state index in [4.69, 9.17) is 4.74 Å². The molecule has 0 aliphatic heterocycles. The van der Waals surface area contributed by atoms with Crippen molar-refractivity contribution in [2.45, 2.75) is 25.8 Å². The van der Waals surface area contributed by atoms with E-state index in [2.05, 4.69) is 41.5 Å². The standard InChI is InChI=1S/C17H22N2O/c1-13-4-5-17(20-3)15(10-13)12-16(18-2)11-14-6-8-19-9-7-14/h4-10,16,18H,11-12H2,1-3H3. The summed E-state index contributed by atoms with van der Waals surface area (Å²) >= 11 is 0. The summed E-state index contributed by atoms with van der Waals surface area (Å²) in [6.45, 7) is 2.11. The Hall–Kier alpha value is -1.87. The molecule has 1 aromatic carbocycles. The molecule has 1 unspecified atom stereocenters. The van der Waals surface area contributed by atoms with E-state index in [1.807, 2.05) is 25.5 Å². The van der Waals surface area contributed by atoms with Gasteiger partial charge in [0.1, 0.15) is 5.75 Å². The van der Waals surface area contributed by atoms with Crippen molar-refractivity contribution in [2.75, 3.05) is 14.2 Å². The molecule has 2 rings (SSSR count). The van der Waals surface area contributed by atoms with Crippen LogP contribution in [0.5, 0.6) is 5.75 Å². The molecule has 0 saturated heterocycles. The van der Waals surface area contributed by atoms with E-state index in [9.17, 15) is 0 Å². The molecule has 0 saturated carbocycles. The van der Waals surface area contributed by atoms with E-state index in [0.29, 0.717) is 6.04 Å². The molecule has 0 spiro atoms. The normalized spacial score (nSPS) is 12.2. The van der Waals surface area contributed by atoms with Gasteiger partial charge in [0.05, 0.1) is 7.11 Å². The van der Waals surface area contributed by atoms with Crippen molar-refractivity contribution in [3.8, 4) is 5.75 Å². The zero-order valence-electron chi connectivity index (χ0n) is 12.4. The number of hydrogen-bond acceptors (Lipinski definition) is 3. The highest BCUT2D eigenvalue weighted by molar-refractivity contribution is 5.37. The quantitative estimate of drug-likeness (QED) is 0.876. The number of hydrogen-bond donors (Lipinski definition) is 1. The van der Waals surface area contributed by atoms with Crippen LogP contribution in [0.1, 0.15) is 16.7 Å². The minimum Gasteiger partial charge on any atom is -0.496 e. The fourth-order valence-electron chi connectivity index (χ4n) is 2.41. The number of aromatic nitrogens is 1. The van der Waals surface area contributed by atoms with Crippen LogP contribution < -0.4 is 10.1 Å². The molecule has 1 atom stereocenters. The molecule has 20 heavy (non-hydrogen) atoms. The molecule has 0 bridgehead atoms. The molecule has 0 amide bonds. The molecule has 2 aromatic rings. The largest absolute Gasteiger partial charge is 0.496 e. The van der Waals surface area contributed by atoms with Crippen LogP contribution in [0.4, 0.5) is 0 Å². The average Bonchev–Trinajstić information content (AvgIpc) is 2.48. The highest BCUT2D eigenvalue weighted by Crippen LogP contribution is 2.22. The van der Waals surface area contributed by atoms with Crippen molar-refractivity contribution in [3.05, 3.63) is 59.4 Å². The first-order valence-corrected chi connectivity index (χ1v) is 6.92. The number of pyridine rings is 1. The molecule has 3 heteroatoms. The van der Waals surface area contributed by atoms with Crippen LogP contribution in [0.25, 0.3) is 0 Å². The summed E-state index contributed by atoms with van der Waals surface area (Å²) in [5.74, 6) is 0.963. The number of nitrogens with one attached hydrogen (secondary N) is 1. The molecule has 0 radical (unpaired) electrons. The fraction of sp³-hybridized carbons (Fsp3) is 0.353. The summed E-state index contributed by atoms with van der Waals surface area (Å²) in [5, 5.41) is 3.39. The van der Waals surface area contributed by atoms with Crippen LogP contribution in [-0.2, 0) is 12.8 Å². The lowest BCUT2D eigenvalue weighted by molar-refractivity contribution is 0.405. The number of nitrogens with zero attached hydrogens (tertiary/aromatic N) is 1. The third-order valence-corrected chi connectivity index (χ3v) is 3.54. The van der Waals surface area contributed by atoms with E-state index < -0.39 is 0 Å². The summed E-state index contributed by atoms with van der Waals surface area (Å²) in [5.41, 5.74) is 3.81. The van der Waals surface area contributed by atoms with Gasteiger partial charge < -0.3 is 10.1 Å². The Kier molecular flexibility index (Phi) is 5.13. The summed E-state index contributed by atoms with van der Waals surface area (Å²) in [6.07, 6.45) is 5.62. The topological polar surface area (TPSA) is 34.2 Å². The lowest BCUT2D eigenvalue weighted by atomic mass is 9.98. The average molecular weight is 270 g/mol. The molecule has 3 nitrogen and oxygen atoms in total. The molecule has 1 heterocycles. The van der Waals surface area contributed by atoms with E-state index in [1.54, 1.807) is 7.11 Å². The number of rotatable bonds is 6. The molecule has 1 aromatic heterocycles. The van der Waals surface area contributed by atoms with E-state index in [0.717, 1.165) is 18.6 Å². The number of ether oxygens (including phenoxy) is 1. The second-order valence-corrected chi connectivity index (χ2v) is 5.06. The van der Waals surface area contributed by atoms with E-state index in [1.165, 1.54) is 16.7 Å². The van der Waals surface area contributed by atoms with Crippen LogP contribution in [0, 0.1) is 6.92 Å². The molecule has 0 fully saturated rings. The second-order valence-electron chi connectivity index (χ2n) is 5.06. The minimum absolute atomic E-state index is 0.383. The van der Waals surface area contributed by atoms with Gasteiger partial charge in [-0.15, -0.1) is 0 Å². The Labute approximate surface area is 121 Å². The van der Waals surface area contributed by atoms with Gasteiger partial charge in [0.25, 0.3) is 0 Å². The van der Waals surface area contributed by atoms with Gasteiger partial charge in [-0.05, 0) is 56.1 Å². The minimum atomic E-state index is 0.383. The van der Waals surface area contributed by atoms with Crippen molar-refractivity contribution in [3.63, 3.8) is 0 Å². The number of aryl methyl sites for hydroxylation is 1. The Morgan fingerprint density at radius 3 is 2.55 bits per heavy atom.